The van der Waals surface area contributed by atoms with E-state index in [4.69, 9.17) is 9.47 Å². The number of thiazole rings is 1. The van der Waals surface area contributed by atoms with Crippen molar-refractivity contribution in [1.82, 2.24) is 10.3 Å². The Morgan fingerprint density at radius 1 is 1.03 bits per heavy atom. The highest BCUT2D eigenvalue weighted by molar-refractivity contribution is 8.01. The molecule has 1 aromatic heterocycles. The molecule has 0 aliphatic heterocycles. The molecule has 31 heavy (non-hydrogen) atoms. The van der Waals surface area contributed by atoms with Crippen molar-refractivity contribution in [3.05, 3.63) is 65.2 Å². The summed E-state index contributed by atoms with van der Waals surface area (Å²) in [6, 6.07) is 14.7. The highest BCUT2D eigenvalue weighted by atomic mass is 32.2. The molecule has 0 aliphatic carbocycles. The number of hydrogen-bond donors (Lipinski definition) is 2. The molecule has 0 saturated carbocycles. The number of hydrogen-bond acceptors (Lipinski definition) is 7. The first kappa shape index (κ1) is 22.6. The summed E-state index contributed by atoms with van der Waals surface area (Å²) >= 11 is 2.76. The number of benzene rings is 2. The fraction of sp³-hybridized carbons (Fsp3) is 0.227. The predicted octanol–water partition coefficient (Wildman–Crippen LogP) is 3.75. The molecule has 0 fully saturated rings. The summed E-state index contributed by atoms with van der Waals surface area (Å²) in [6.07, 6.45) is 0.185. The lowest BCUT2D eigenvalue weighted by Crippen LogP contribution is -2.24. The average molecular weight is 458 g/mol. The summed E-state index contributed by atoms with van der Waals surface area (Å²) in [5.41, 5.74) is 2.30. The highest BCUT2D eigenvalue weighted by Gasteiger charge is 2.11. The van der Waals surface area contributed by atoms with Crippen LogP contribution in [0.1, 0.15) is 11.3 Å². The average Bonchev–Trinajstić information content (AvgIpc) is 3.24. The molecule has 7 nitrogen and oxygen atoms in total. The van der Waals surface area contributed by atoms with Gasteiger partial charge in [-0.1, -0.05) is 30.0 Å². The van der Waals surface area contributed by atoms with Crippen LogP contribution in [0.15, 0.2) is 58.3 Å². The van der Waals surface area contributed by atoms with Crippen molar-refractivity contribution in [3.63, 3.8) is 0 Å². The van der Waals surface area contributed by atoms with Gasteiger partial charge in [-0.05, 0) is 30.3 Å². The molecule has 1 heterocycles. The molecule has 9 heteroatoms. The molecule has 0 radical (unpaired) electrons. The Balaban J connectivity index is 1.43. The van der Waals surface area contributed by atoms with Crippen LogP contribution in [0.25, 0.3) is 0 Å². The number of anilines is 1. The zero-order chi connectivity index (χ0) is 22.1. The van der Waals surface area contributed by atoms with Crippen LogP contribution in [0, 0.1) is 0 Å². The Morgan fingerprint density at radius 3 is 2.55 bits per heavy atom. The SMILES string of the molecule is COc1ccc(NC(=O)CSc2nc(CC(=O)NCc3ccccc3OC)cs2)cc1. The number of para-hydroxylation sites is 1. The van der Waals surface area contributed by atoms with Crippen molar-refractivity contribution in [3.8, 4) is 11.5 Å². The van der Waals surface area contributed by atoms with Gasteiger partial charge in [0.05, 0.1) is 32.1 Å². The molecule has 0 unspecified atom stereocenters. The van der Waals surface area contributed by atoms with Crippen molar-refractivity contribution in [1.29, 1.82) is 0 Å². The first-order chi connectivity index (χ1) is 15.1. The van der Waals surface area contributed by atoms with Gasteiger partial charge < -0.3 is 20.1 Å². The monoisotopic (exact) mass is 457 g/mol. The van der Waals surface area contributed by atoms with Gasteiger partial charge in [-0.2, -0.15) is 0 Å². The number of nitrogens with zero attached hydrogens (tertiary/aromatic N) is 1. The molecule has 2 N–H and O–H groups in total. The molecule has 3 rings (SSSR count). The number of amides is 2. The summed E-state index contributed by atoms with van der Waals surface area (Å²) < 4.78 is 11.1. The second-order valence-electron chi connectivity index (χ2n) is 6.44. The van der Waals surface area contributed by atoms with Crippen LogP contribution in [-0.2, 0) is 22.6 Å². The molecule has 162 valence electrons. The number of carbonyl (C=O) groups excluding carboxylic acids is 2. The van der Waals surface area contributed by atoms with E-state index in [0.717, 1.165) is 21.4 Å². The van der Waals surface area contributed by atoms with Gasteiger partial charge in [-0.25, -0.2) is 4.98 Å². The fourth-order valence-electron chi connectivity index (χ4n) is 2.70. The Kier molecular flexibility index (Phi) is 8.31. The first-order valence-corrected chi connectivity index (χ1v) is 11.3. The Hall–Kier alpha value is -3.04. The van der Waals surface area contributed by atoms with Crippen molar-refractivity contribution < 1.29 is 19.1 Å². The quantitative estimate of drug-likeness (QED) is 0.451. The molecule has 0 saturated heterocycles. The number of aromatic nitrogens is 1. The van der Waals surface area contributed by atoms with E-state index in [9.17, 15) is 9.59 Å². The van der Waals surface area contributed by atoms with Gasteiger partial charge in [-0.3, -0.25) is 9.59 Å². The minimum absolute atomic E-state index is 0.120. The zero-order valence-corrected chi connectivity index (χ0v) is 18.8. The van der Waals surface area contributed by atoms with Crippen LogP contribution in [-0.4, -0.2) is 36.8 Å². The molecule has 0 aliphatic rings. The lowest BCUT2D eigenvalue weighted by atomic mass is 10.2. The van der Waals surface area contributed by atoms with Gasteiger partial charge in [0, 0.05) is 23.2 Å². The van der Waals surface area contributed by atoms with Gasteiger partial charge >= 0.3 is 0 Å². The summed E-state index contributed by atoms with van der Waals surface area (Å²) in [4.78, 5) is 28.8. The third-order valence-corrected chi connectivity index (χ3v) is 6.31. The first-order valence-electron chi connectivity index (χ1n) is 9.47. The number of ether oxygens (including phenoxy) is 2. The Labute approximate surface area is 189 Å². The maximum Gasteiger partial charge on any atom is 0.234 e. The predicted molar refractivity (Wildman–Crippen MR) is 123 cm³/mol. The number of thioether (sulfide) groups is 1. The Morgan fingerprint density at radius 2 is 1.81 bits per heavy atom. The van der Waals surface area contributed by atoms with Crippen molar-refractivity contribution in [2.45, 2.75) is 17.3 Å². The van der Waals surface area contributed by atoms with Crippen LogP contribution < -0.4 is 20.1 Å². The van der Waals surface area contributed by atoms with E-state index in [0.29, 0.717) is 17.9 Å². The molecular formula is C22H23N3O4S2. The van der Waals surface area contributed by atoms with Gasteiger partial charge in [0.2, 0.25) is 11.8 Å². The van der Waals surface area contributed by atoms with Gasteiger partial charge in [0.1, 0.15) is 11.5 Å². The fourth-order valence-corrected chi connectivity index (χ4v) is 4.35. The molecule has 3 aromatic rings. The minimum Gasteiger partial charge on any atom is -0.497 e. The van der Waals surface area contributed by atoms with E-state index in [-0.39, 0.29) is 24.0 Å². The van der Waals surface area contributed by atoms with E-state index in [2.05, 4.69) is 15.6 Å². The van der Waals surface area contributed by atoms with E-state index in [1.165, 1.54) is 23.1 Å². The number of methoxy groups -OCH3 is 2. The maximum atomic E-state index is 12.2. The number of nitrogens with one attached hydrogen (secondary N) is 2. The van der Waals surface area contributed by atoms with E-state index in [1.54, 1.807) is 38.5 Å². The topological polar surface area (TPSA) is 89.5 Å². The standard InChI is InChI=1S/C22H23N3O4S2/c1-28-18-9-7-16(8-10-18)24-21(27)14-31-22-25-17(13-30-22)11-20(26)23-12-15-5-3-4-6-19(15)29-2/h3-10,13H,11-12,14H2,1-2H3,(H,23,26)(H,24,27). The van der Waals surface area contributed by atoms with Crippen LogP contribution >= 0.6 is 23.1 Å². The van der Waals surface area contributed by atoms with Crippen molar-refractivity contribution in [2.24, 2.45) is 0 Å². The van der Waals surface area contributed by atoms with E-state index < -0.39 is 0 Å². The normalized spacial score (nSPS) is 10.4. The highest BCUT2D eigenvalue weighted by Crippen LogP contribution is 2.23. The van der Waals surface area contributed by atoms with Crippen molar-refractivity contribution in [2.75, 3.05) is 25.3 Å². The molecule has 2 amide bonds. The summed E-state index contributed by atoms with van der Waals surface area (Å²) in [7, 11) is 3.20. The van der Waals surface area contributed by atoms with Crippen molar-refractivity contribution >= 4 is 40.6 Å². The van der Waals surface area contributed by atoms with Gasteiger partial charge in [-0.15, -0.1) is 11.3 Å². The molecule has 0 atom stereocenters. The molecular weight excluding hydrogens is 434 g/mol. The van der Waals surface area contributed by atoms with Gasteiger partial charge in [0.25, 0.3) is 0 Å². The van der Waals surface area contributed by atoms with E-state index >= 15 is 0 Å². The van der Waals surface area contributed by atoms with Crippen LogP contribution in [0.2, 0.25) is 0 Å². The van der Waals surface area contributed by atoms with Gasteiger partial charge in [0.15, 0.2) is 4.34 Å². The molecule has 0 bridgehead atoms. The van der Waals surface area contributed by atoms with E-state index in [1.807, 2.05) is 29.6 Å². The summed E-state index contributed by atoms with van der Waals surface area (Å²) in [5.74, 6) is 1.46. The smallest absolute Gasteiger partial charge is 0.234 e. The second kappa shape index (κ2) is 11.4. The third kappa shape index (κ3) is 7.01. The lowest BCUT2D eigenvalue weighted by molar-refractivity contribution is -0.120. The summed E-state index contributed by atoms with van der Waals surface area (Å²) in [5, 5.41) is 7.55. The van der Waals surface area contributed by atoms with Crippen LogP contribution in [0.4, 0.5) is 5.69 Å². The second-order valence-corrected chi connectivity index (χ2v) is 8.52. The molecule has 2 aromatic carbocycles. The largest absolute Gasteiger partial charge is 0.497 e. The number of rotatable bonds is 10. The van der Waals surface area contributed by atoms with Crippen LogP contribution in [0.3, 0.4) is 0 Å². The third-order valence-electron chi connectivity index (χ3n) is 4.24. The Bertz CT molecular complexity index is 1020. The maximum absolute atomic E-state index is 12.2. The van der Waals surface area contributed by atoms with Crippen LogP contribution in [0.5, 0.6) is 11.5 Å². The zero-order valence-electron chi connectivity index (χ0n) is 17.2. The lowest BCUT2D eigenvalue weighted by Gasteiger charge is -2.09. The molecule has 0 spiro atoms. The number of carbonyl (C=O) groups is 2. The summed E-state index contributed by atoms with van der Waals surface area (Å²) in [6.45, 7) is 0.389. The minimum atomic E-state index is -0.124.